The zero-order valence-corrected chi connectivity index (χ0v) is 64.4. The number of phosphoric ester groups is 2. The maximum Gasteiger partial charge on any atom is 0.472 e. The number of esters is 4. The highest BCUT2D eigenvalue weighted by molar-refractivity contribution is 7.47. The van der Waals surface area contributed by atoms with E-state index in [4.69, 9.17) is 37.0 Å². The average molecular weight is 1450 g/mol. The summed E-state index contributed by atoms with van der Waals surface area (Å²) in [6, 6.07) is 0. The van der Waals surface area contributed by atoms with Crippen LogP contribution in [0, 0.1) is 0 Å². The molecule has 100 heavy (non-hydrogen) atoms. The van der Waals surface area contributed by atoms with Gasteiger partial charge in [-0.3, -0.25) is 37.3 Å². The van der Waals surface area contributed by atoms with Crippen molar-refractivity contribution < 1.29 is 80.2 Å². The van der Waals surface area contributed by atoms with E-state index in [0.29, 0.717) is 25.7 Å². The topological polar surface area (TPSA) is 237 Å². The third-order valence-corrected chi connectivity index (χ3v) is 17.9. The molecule has 0 radical (unpaired) electrons. The second kappa shape index (κ2) is 72.8. The molecule has 5 unspecified atom stereocenters. The van der Waals surface area contributed by atoms with Crippen LogP contribution in [0.15, 0.2) is 122 Å². The van der Waals surface area contributed by atoms with Crippen LogP contribution in [0.5, 0.6) is 0 Å². The zero-order chi connectivity index (χ0) is 73.2. The lowest BCUT2D eigenvalue weighted by Crippen LogP contribution is -2.30. The van der Waals surface area contributed by atoms with Crippen molar-refractivity contribution in [2.75, 3.05) is 39.6 Å². The number of carbonyl (C=O) groups is 4. The van der Waals surface area contributed by atoms with E-state index in [0.717, 1.165) is 148 Å². The molecule has 0 saturated carbocycles. The van der Waals surface area contributed by atoms with Crippen LogP contribution < -0.4 is 0 Å². The van der Waals surface area contributed by atoms with Crippen LogP contribution in [0.1, 0.15) is 310 Å². The van der Waals surface area contributed by atoms with Gasteiger partial charge in [0.2, 0.25) is 0 Å². The van der Waals surface area contributed by atoms with Gasteiger partial charge >= 0.3 is 39.5 Å². The van der Waals surface area contributed by atoms with E-state index in [1.165, 1.54) is 83.5 Å². The van der Waals surface area contributed by atoms with Gasteiger partial charge in [0.15, 0.2) is 12.2 Å². The van der Waals surface area contributed by atoms with E-state index in [2.05, 4.69) is 125 Å². The van der Waals surface area contributed by atoms with Crippen molar-refractivity contribution in [3.05, 3.63) is 122 Å². The van der Waals surface area contributed by atoms with Crippen molar-refractivity contribution in [2.45, 2.75) is 329 Å². The Kier molecular flexibility index (Phi) is 69.5. The van der Waals surface area contributed by atoms with E-state index in [9.17, 15) is 43.2 Å². The minimum absolute atomic E-state index is 0.0827. The summed E-state index contributed by atoms with van der Waals surface area (Å²) in [5.74, 6) is -2.34. The van der Waals surface area contributed by atoms with Gasteiger partial charge in [0, 0.05) is 19.3 Å². The second-order valence-corrected chi connectivity index (χ2v) is 28.5. The maximum atomic E-state index is 13.1. The number of phosphoric acid groups is 2. The first kappa shape index (κ1) is 95.5. The van der Waals surface area contributed by atoms with E-state index in [1.54, 1.807) is 12.2 Å². The number of ether oxygens (including phenoxy) is 4. The largest absolute Gasteiger partial charge is 0.472 e. The molecule has 0 aliphatic heterocycles. The normalized spacial score (nSPS) is 14.6. The molecule has 0 spiro atoms. The molecule has 0 aliphatic rings. The van der Waals surface area contributed by atoms with Gasteiger partial charge in [-0.25, -0.2) is 9.13 Å². The third-order valence-electron chi connectivity index (χ3n) is 16.0. The smallest absolute Gasteiger partial charge is 0.462 e. The Balaban J connectivity index is 5.39. The number of aliphatic hydroxyl groups excluding tert-OH is 1. The van der Waals surface area contributed by atoms with Gasteiger partial charge in [0.25, 0.3) is 0 Å². The van der Waals surface area contributed by atoms with Gasteiger partial charge in [-0.15, -0.1) is 0 Å². The molecule has 0 fully saturated rings. The Morgan fingerprint density at radius 2 is 0.570 bits per heavy atom. The Hall–Kier alpha value is -4.54. The molecule has 0 aliphatic carbocycles. The summed E-state index contributed by atoms with van der Waals surface area (Å²) >= 11 is 0. The monoisotopic (exact) mass is 1440 g/mol. The van der Waals surface area contributed by atoms with Crippen LogP contribution in [0.3, 0.4) is 0 Å². The van der Waals surface area contributed by atoms with E-state index in [-0.39, 0.29) is 25.7 Å². The lowest BCUT2D eigenvalue weighted by Gasteiger charge is -2.21. The molecule has 574 valence electrons. The fourth-order valence-corrected chi connectivity index (χ4v) is 11.7. The predicted octanol–water partition coefficient (Wildman–Crippen LogP) is 22.3. The number of allylic oxidation sites excluding steroid dienone is 19. The van der Waals surface area contributed by atoms with E-state index in [1.807, 2.05) is 12.2 Å². The van der Waals surface area contributed by atoms with Gasteiger partial charge in [-0.1, -0.05) is 297 Å². The standard InChI is InChI=1S/C81H138O17P2/c1-5-9-13-17-21-25-29-32-35-36-37-38-41-43-47-50-54-58-62-66-79(84)92-72-77(98-81(86)68-64-60-56-52-48-44-40-34-31-27-23-19-15-11-7-3)74-96-100(89,90)94-70-75(82)69-93-99(87,88)95-73-76(97-80(85)67-63-59-55-51-45-28-24-20-16-12-8-4)71-91-78(83)65-61-57-53-49-46-42-39-33-30-26-22-18-14-10-6-2/h9,11,13,15,20-21,23-25,27,32,34-35,37-38,40,48,52,60,64,75-77,82H,5-8,10,12,14,16-19,22,26,28-31,33,36,39,41-47,49-51,53-59,61-63,65-74H2,1-4H3,(H,87,88)(H,89,90)/b13-9-,15-11-,24-20-,25-21-,27-23-,35-32-,38-37-,40-34-,52-48-,64-60-. The fraction of sp³-hybridized carbons (Fsp3) is 0.704. The first-order valence-electron chi connectivity index (χ1n) is 38.8. The van der Waals surface area contributed by atoms with Crippen molar-refractivity contribution in [3.63, 3.8) is 0 Å². The molecule has 0 heterocycles. The highest BCUT2D eigenvalue weighted by atomic mass is 31.2. The summed E-state index contributed by atoms with van der Waals surface area (Å²) in [6.45, 7) is 4.48. The lowest BCUT2D eigenvalue weighted by atomic mass is 10.0. The van der Waals surface area contributed by atoms with Gasteiger partial charge in [-0.2, -0.15) is 0 Å². The zero-order valence-electron chi connectivity index (χ0n) is 62.6. The first-order chi connectivity index (χ1) is 48.7. The number of hydrogen-bond acceptors (Lipinski definition) is 15. The molecule has 0 aromatic rings. The quantitative estimate of drug-likeness (QED) is 0.0169. The van der Waals surface area contributed by atoms with Crippen LogP contribution in [-0.2, 0) is 65.4 Å². The van der Waals surface area contributed by atoms with Crippen LogP contribution in [0.25, 0.3) is 0 Å². The summed E-state index contributed by atoms with van der Waals surface area (Å²) in [7, 11) is -9.98. The third kappa shape index (κ3) is 71.8. The summed E-state index contributed by atoms with van der Waals surface area (Å²) in [6.07, 6.45) is 79.4. The van der Waals surface area contributed by atoms with Crippen LogP contribution in [-0.4, -0.2) is 96.7 Å². The summed E-state index contributed by atoms with van der Waals surface area (Å²) in [5, 5.41) is 10.6. The van der Waals surface area contributed by atoms with Crippen molar-refractivity contribution >= 4 is 39.5 Å². The highest BCUT2D eigenvalue weighted by Crippen LogP contribution is 2.45. The summed E-state index contributed by atoms with van der Waals surface area (Å²) in [5.41, 5.74) is 0. The molecule has 0 aromatic carbocycles. The Morgan fingerprint density at radius 1 is 0.300 bits per heavy atom. The van der Waals surface area contributed by atoms with Crippen molar-refractivity contribution in [3.8, 4) is 0 Å². The van der Waals surface area contributed by atoms with Crippen LogP contribution >= 0.6 is 15.6 Å². The van der Waals surface area contributed by atoms with Crippen LogP contribution in [0.4, 0.5) is 0 Å². The van der Waals surface area contributed by atoms with Crippen molar-refractivity contribution in [2.24, 2.45) is 0 Å². The maximum absolute atomic E-state index is 13.1. The molecule has 0 bridgehead atoms. The Bertz CT molecular complexity index is 2370. The van der Waals surface area contributed by atoms with Crippen molar-refractivity contribution in [1.29, 1.82) is 0 Å². The minimum Gasteiger partial charge on any atom is -0.462 e. The van der Waals surface area contributed by atoms with Gasteiger partial charge in [-0.05, 0) is 109 Å². The Labute approximate surface area is 606 Å². The van der Waals surface area contributed by atoms with Crippen molar-refractivity contribution in [1.82, 2.24) is 0 Å². The average Bonchev–Trinajstić information content (AvgIpc) is 0.926. The second-order valence-electron chi connectivity index (χ2n) is 25.6. The minimum atomic E-state index is -5.00. The number of unbranched alkanes of at least 4 members (excludes halogenated alkanes) is 27. The molecular formula is C81H138O17P2. The van der Waals surface area contributed by atoms with E-state index >= 15 is 0 Å². The molecule has 0 rings (SSSR count). The number of rotatable bonds is 72. The molecule has 3 N–H and O–H groups in total. The van der Waals surface area contributed by atoms with E-state index < -0.39 is 97.5 Å². The molecule has 0 aromatic heterocycles. The van der Waals surface area contributed by atoms with Crippen LogP contribution in [0.2, 0.25) is 0 Å². The number of hydrogen-bond donors (Lipinski definition) is 3. The SMILES string of the molecule is CC/C=C\C/C=C\C/C=C\C/C=C\C/C=C\CC(=O)OC(COC(=O)CCCCCCCC/C=C\C/C=C\C/C=C\C/C=C\CC)COP(=O)(O)OCC(O)COP(=O)(O)OCC(COC(=O)CCCCCCCCCCCCCCCCC)OC(=O)CCCCCCC/C=C\CCCC. The molecular weight excluding hydrogens is 1310 g/mol. The first-order valence-corrected chi connectivity index (χ1v) is 41.8. The van der Waals surface area contributed by atoms with Gasteiger partial charge < -0.3 is 33.8 Å². The summed E-state index contributed by atoms with van der Waals surface area (Å²) in [4.78, 5) is 72.8. The van der Waals surface area contributed by atoms with Gasteiger partial charge in [0.05, 0.1) is 32.8 Å². The highest BCUT2D eigenvalue weighted by Gasteiger charge is 2.30. The van der Waals surface area contributed by atoms with Gasteiger partial charge in [0.1, 0.15) is 19.3 Å². The summed E-state index contributed by atoms with van der Waals surface area (Å²) < 4.78 is 68.3. The number of aliphatic hydroxyl groups is 1. The molecule has 17 nitrogen and oxygen atoms in total. The molecule has 5 atom stereocenters. The molecule has 0 amide bonds. The Morgan fingerprint density at radius 3 is 0.930 bits per heavy atom. The lowest BCUT2D eigenvalue weighted by molar-refractivity contribution is -0.161. The number of carbonyl (C=O) groups excluding carboxylic acids is 4. The molecule has 0 saturated heterocycles. The molecule has 19 heteroatoms. The fourth-order valence-electron chi connectivity index (χ4n) is 10.1. The predicted molar refractivity (Wildman–Crippen MR) is 408 cm³/mol.